The summed E-state index contributed by atoms with van der Waals surface area (Å²) in [6.45, 7) is 22.1. The molecule has 0 saturated heterocycles. The van der Waals surface area contributed by atoms with Gasteiger partial charge in [0.1, 0.15) is 0 Å². The van der Waals surface area contributed by atoms with Crippen LogP contribution in [0.1, 0.15) is 62.3 Å². The van der Waals surface area contributed by atoms with E-state index in [2.05, 4.69) is 27.0 Å². The molecule has 0 aliphatic carbocycles. The van der Waals surface area contributed by atoms with Crippen LogP contribution in [0.3, 0.4) is 0 Å². The van der Waals surface area contributed by atoms with E-state index in [9.17, 15) is 0 Å². The molecule has 0 rings (SSSR count). The molecule has 0 radical (unpaired) electrons. The summed E-state index contributed by atoms with van der Waals surface area (Å²) in [7, 11) is 0. The maximum absolute atomic E-state index is 3.94. The van der Waals surface area contributed by atoms with Crippen molar-refractivity contribution in [3.8, 4) is 0 Å². The lowest BCUT2D eigenvalue weighted by atomic mass is 10.0. The average molecular weight is 226 g/mol. The van der Waals surface area contributed by atoms with Crippen LogP contribution in [0.2, 0.25) is 0 Å². The lowest BCUT2D eigenvalue weighted by Crippen LogP contribution is -1.87. The van der Waals surface area contributed by atoms with Gasteiger partial charge in [0, 0.05) is 0 Å². The fourth-order valence-corrected chi connectivity index (χ4v) is 0.853. The van der Waals surface area contributed by atoms with Gasteiger partial charge in [-0.1, -0.05) is 85.4 Å². The predicted octanol–water partition coefficient (Wildman–Crippen LogP) is 6.41. The van der Waals surface area contributed by atoms with Crippen molar-refractivity contribution in [1.29, 1.82) is 0 Å². The van der Waals surface area contributed by atoms with Gasteiger partial charge in [0.15, 0.2) is 0 Å². The SMILES string of the molecule is C.C=C(C)/C=C\C(=C)CC(C)C.CC.CC. The second-order valence-electron chi connectivity index (χ2n) is 3.44. The summed E-state index contributed by atoms with van der Waals surface area (Å²) < 4.78 is 0. The van der Waals surface area contributed by atoms with Gasteiger partial charge in [-0.15, -0.1) is 0 Å². The molecule has 0 spiro atoms. The molecule has 0 aromatic carbocycles. The normalized spacial score (nSPS) is 8.25. The molecule has 0 heteroatoms. The highest BCUT2D eigenvalue weighted by molar-refractivity contribution is 5.22. The topological polar surface area (TPSA) is 0 Å². The maximum Gasteiger partial charge on any atom is -0.0262 e. The van der Waals surface area contributed by atoms with Crippen LogP contribution in [0.15, 0.2) is 36.5 Å². The zero-order chi connectivity index (χ0) is 12.9. The van der Waals surface area contributed by atoms with Gasteiger partial charge in [-0.3, -0.25) is 0 Å². The largest absolute Gasteiger partial charge is 0.0961 e. The molecule has 0 N–H and O–H groups in total. The smallest absolute Gasteiger partial charge is 0.0262 e. The van der Waals surface area contributed by atoms with E-state index >= 15 is 0 Å². The number of rotatable bonds is 4. The average Bonchev–Trinajstić information content (AvgIpc) is 2.20. The van der Waals surface area contributed by atoms with Crippen molar-refractivity contribution in [1.82, 2.24) is 0 Å². The summed E-state index contributed by atoms with van der Waals surface area (Å²) in [5.74, 6) is 0.692. The van der Waals surface area contributed by atoms with Crippen molar-refractivity contribution in [3.05, 3.63) is 36.5 Å². The van der Waals surface area contributed by atoms with Gasteiger partial charge < -0.3 is 0 Å². The standard InChI is InChI=1S/C11H18.2C2H6.CH4/c1-9(2)6-7-11(5)8-10(3)4;2*1-2;/h6-7,10H,1,5,8H2,2-4H3;2*1-2H3;1H4/b7-6-;;;. The number of hydrogen-bond donors (Lipinski definition) is 0. The summed E-state index contributed by atoms with van der Waals surface area (Å²) in [4.78, 5) is 0. The lowest BCUT2D eigenvalue weighted by molar-refractivity contribution is 0.651. The monoisotopic (exact) mass is 226 g/mol. The fraction of sp³-hybridized carbons (Fsp3) is 0.625. The van der Waals surface area contributed by atoms with E-state index < -0.39 is 0 Å². The van der Waals surface area contributed by atoms with Gasteiger partial charge in [-0.25, -0.2) is 0 Å². The van der Waals surface area contributed by atoms with Crippen molar-refractivity contribution in [3.63, 3.8) is 0 Å². The van der Waals surface area contributed by atoms with Crippen LogP contribution in [-0.2, 0) is 0 Å². The number of allylic oxidation sites excluding steroid dienone is 4. The molecule has 98 valence electrons. The molecule has 16 heavy (non-hydrogen) atoms. The highest BCUT2D eigenvalue weighted by atomic mass is 14.0. The van der Waals surface area contributed by atoms with E-state index in [1.54, 1.807) is 0 Å². The number of hydrogen-bond acceptors (Lipinski definition) is 0. The Hall–Kier alpha value is -0.780. The molecule has 0 fully saturated rings. The molecule has 0 saturated carbocycles. The molecule has 0 nitrogen and oxygen atoms in total. The summed E-state index contributed by atoms with van der Waals surface area (Å²) in [5, 5.41) is 0. The lowest BCUT2D eigenvalue weighted by Gasteiger charge is -2.02. The van der Waals surface area contributed by atoms with Gasteiger partial charge in [0.05, 0.1) is 0 Å². The molecular weight excluding hydrogens is 192 g/mol. The minimum Gasteiger partial charge on any atom is -0.0961 e. The van der Waals surface area contributed by atoms with Crippen LogP contribution >= 0.6 is 0 Å². The fourth-order valence-electron chi connectivity index (χ4n) is 0.853. The Morgan fingerprint density at radius 3 is 1.62 bits per heavy atom. The van der Waals surface area contributed by atoms with Gasteiger partial charge in [-0.2, -0.15) is 0 Å². The van der Waals surface area contributed by atoms with E-state index in [1.807, 2.05) is 46.8 Å². The zero-order valence-electron chi connectivity index (χ0n) is 11.9. The summed E-state index contributed by atoms with van der Waals surface area (Å²) in [5.41, 5.74) is 2.26. The molecule has 0 aromatic heterocycles. The van der Waals surface area contributed by atoms with Crippen LogP contribution in [0.5, 0.6) is 0 Å². The second-order valence-corrected chi connectivity index (χ2v) is 3.44. The molecule has 0 unspecified atom stereocenters. The van der Waals surface area contributed by atoms with Gasteiger partial charge in [0.25, 0.3) is 0 Å². The predicted molar refractivity (Wildman–Crippen MR) is 82.0 cm³/mol. The van der Waals surface area contributed by atoms with Gasteiger partial charge in [0.2, 0.25) is 0 Å². The molecule has 0 atom stereocenters. The van der Waals surface area contributed by atoms with E-state index in [4.69, 9.17) is 0 Å². The molecule has 0 aliphatic rings. The van der Waals surface area contributed by atoms with Gasteiger partial charge >= 0.3 is 0 Å². The first-order chi connectivity index (χ1) is 7.02. The quantitative estimate of drug-likeness (QED) is 0.486. The molecule has 0 aliphatic heterocycles. The summed E-state index contributed by atoms with van der Waals surface area (Å²) in [6.07, 6.45) is 5.12. The van der Waals surface area contributed by atoms with Crippen LogP contribution in [-0.4, -0.2) is 0 Å². The minimum absolute atomic E-state index is 0. The Labute approximate surface area is 105 Å². The van der Waals surface area contributed by atoms with Crippen molar-refractivity contribution < 1.29 is 0 Å². The van der Waals surface area contributed by atoms with Crippen molar-refractivity contribution in [2.24, 2.45) is 5.92 Å². The Balaban J connectivity index is -0.000000129. The molecule has 0 aromatic rings. The summed E-state index contributed by atoms with van der Waals surface area (Å²) in [6, 6.07) is 0. The first-order valence-electron chi connectivity index (χ1n) is 6.03. The third-order valence-electron chi connectivity index (χ3n) is 1.27. The van der Waals surface area contributed by atoms with Crippen molar-refractivity contribution in [2.45, 2.75) is 62.3 Å². The Bertz CT molecular complexity index is 170. The Morgan fingerprint density at radius 2 is 1.38 bits per heavy atom. The first-order valence-corrected chi connectivity index (χ1v) is 6.03. The Morgan fingerprint density at radius 1 is 1.00 bits per heavy atom. The highest BCUT2D eigenvalue weighted by Crippen LogP contribution is 2.10. The summed E-state index contributed by atoms with van der Waals surface area (Å²) >= 11 is 0. The van der Waals surface area contributed by atoms with Crippen LogP contribution in [0.4, 0.5) is 0 Å². The third-order valence-corrected chi connectivity index (χ3v) is 1.27. The van der Waals surface area contributed by atoms with E-state index in [0.29, 0.717) is 5.92 Å². The van der Waals surface area contributed by atoms with Crippen LogP contribution in [0.25, 0.3) is 0 Å². The van der Waals surface area contributed by atoms with Crippen molar-refractivity contribution >= 4 is 0 Å². The third kappa shape index (κ3) is 29.2. The van der Waals surface area contributed by atoms with Crippen LogP contribution in [0, 0.1) is 5.92 Å². The first kappa shape index (κ1) is 24.4. The Kier molecular flexibility index (Phi) is 30.2. The molecule has 0 bridgehead atoms. The van der Waals surface area contributed by atoms with Crippen LogP contribution < -0.4 is 0 Å². The van der Waals surface area contributed by atoms with Gasteiger partial charge in [-0.05, 0) is 19.3 Å². The highest BCUT2D eigenvalue weighted by Gasteiger charge is 1.93. The second kappa shape index (κ2) is 19.7. The van der Waals surface area contributed by atoms with Crippen molar-refractivity contribution in [2.75, 3.05) is 0 Å². The van der Waals surface area contributed by atoms with E-state index in [-0.39, 0.29) is 7.43 Å². The van der Waals surface area contributed by atoms with E-state index in [1.165, 1.54) is 5.57 Å². The molecule has 0 heterocycles. The minimum atomic E-state index is 0. The molecule has 0 amide bonds. The maximum atomic E-state index is 3.94. The zero-order valence-corrected chi connectivity index (χ0v) is 11.9. The molecular formula is C16H34. The van der Waals surface area contributed by atoms with E-state index in [0.717, 1.165) is 12.0 Å².